The maximum atomic E-state index is 10.6. The first kappa shape index (κ1) is 21.5. The van der Waals surface area contributed by atoms with Gasteiger partial charge in [-0.1, -0.05) is 5.16 Å². The van der Waals surface area contributed by atoms with E-state index in [0.29, 0.717) is 17.5 Å². The van der Waals surface area contributed by atoms with Crippen LogP contribution in [0.3, 0.4) is 0 Å². The van der Waals surface area contributed by atoms with E-state index in [1.807, 2.05) is 33.0 Å². The molecule has 4 heterocycles. The zero-order valence-corrected chi connectivity index (χ0v) is 16.4. The molecule has 30 heavy (non-hydrogen) atoms. The van der Waals surface area contributed by atoms with E-state index in [2.05, 4.69) is 20.4 Å². The third-order valence-corrected chi connectivity index (χ3v) is 4.46. The molecule has 3 aromatic rings. The molecule has 0 unspecified atom stereocenters. The Hall–Kier alpha value is -3.21. The van der Waals surface area contributed by atoms with Crippen LogP contribution in [0, 0.1) is 20.8 Å². The van der Waals surface area contributed by atoms with Gasteiger partial charge in [0.1, 0.15) is 5.76 Å². The van der Waals surface area contributed by atoms with Crippen molar-refractivity contribution in [2.45, 2.75) is 39.9 Å². The van der Waals surface area contributed by atoms with Crippen LogP contribution in [0.5, 0.6) is 0 Å². The van der Waals surface area contributed by atoms with Gasteiger partial charge in [-0.15, -0.1) is 0 Å². The number of hydrogen-bond acceptors (Lipinski definition) is 7. The topological polar surface area (TPSA) is 114 Å². The van der Waals surface area contributed by atoms with E-state index in [-0.39, 0.29) is 0 Å². The SMILES string of the molecule is Cc1cc(C)c(-c2nc(-c3c(C)ncc4c3CCNC4)no2)o1.O=C(O)C(F)(F)F. The van der Waals surface area contributed by atoms with Crippen molar-refractivity contribution in [2.75, 3.05) is 6.54 Å². The Labute approximate surface area is 169 Å². The highest BCUT2D eigenvalue weighted by atomic mass is 19.4. The summed E-state index contributed by atoms with van der Waals surface area (Å²) >= 11 is 0. The van der Waals surface area contributed by atoms with E-state index in [4.69, 9.17) is 18.8 Å². The lowest BCUT2D eigenvalue weighted by molar-refractivity contribution is -0.192. The fraction of sp³-hybridized carbons (Fsp3) is 0.368. The van der Waals surface area contributed by atoms with Crippen LogP contribution in [0.15, 0.2) is 21.2 Å². The van der Waals surface area contributed by atoms with Gasteiger partial charge < -0.3 is 19.4 Å². The molecule has 8 nitrogen and oxygen atoms in total. The number of halogens is 3. The number of aryl methyl sites for hydroxylation is 3. The van der Waals surface area contributed by atoms with E-state index < -0.39 is 12.1 Å². The lowest BCUT2D eigenvalue weighted by Crippen LogP contribution is -2.24. The molecule has 0 saturated heterocycles. The molecule has 0 aliphatic carbocycles. The standard InChI is InChI=1S/C17H18N4O2.C2HF3O2/c1-9-6-10(2)22-15(9)17-20-16(21-23-17)14-11(3)19-8-12-7-18-5-4-13(12)14;3-2(4,5)1(6)7/h6,8,18H,4-5,7H2,1-3H3;(H,6,7). The van der Waals surface area contributed by atoms with Gasteiger partial charge in [0.25, 0.3) is 5.89 Å². The molecule has 1 aliphatic rings. The van der Waals surface area contributed by atoms with Crippen LogP contribution in [0.25, 0.3) is 23.0 Å². The molecule has 0 aromatic carbocycles. The van der Waals surface area contributed by atoms with Gasteiger partial charge in [0, 0.05) is 29.6 Å². The summed E-state index contributed by atoms with van der Waals surface area (Å²) in [6.45, 7) is 7.64. The van der Waals surface area contributed by atoms with Crippen molar-refractivity contribution in [1.82, 2.24) is 20.4 Å². The lowest BCUT2D eigenvalue weighted by atomic mass is 9.95. The maximum Gasteiger partial charge on any atom is 0.490 e. The minimum atomic E-state index is -5.08. The van der Waals surface area contributed by atoms with Crippen molar-refractivity contribution in [1.29, 1.82) is 0 Å². The van der Waals surface area contributed by atoms with E-state index in [1.165, 1.54) is 11.1 Å². The zero-order valence-electron chi connectivity index (χ0n) is 16.4. The molecular formula is C19H19F3N4O4. The van der Waals surface area contributed by atoms with E-state index >= 15 is 0 Å². The molecule has 2 N–H and O–H groups in total. The predicted octanol–water partition coefficient (Wildman–Crippen LogP) is 3.60. The molecule has 0 atom stereocenters. The fourth-order valence-electron chi connectivity index (χ4n) is 3.14. The van der Waals surface area contributed by atoms with Gasteiger partial charge in [-0.3, -0.25) is 4.98 Å². The molecule has 4 rings (SSSR count). The van der Waals surface area contributed by atoms with Gasteiger partial charge in [-0.2, -0.15) is 18.2 Å². The highest BCUT2D eigenvalue weighted by Gasteiger charge is 2.38. The number of aromatic nitrogens is 3. The first-order chi connectivity index (χ1) is 14.1. The van der Waals surface area contributed by atoms with Gasteiger partial charge in [0.2, 0.25) is 5.82 Å². The zero-order chi connectivity index (χ0) is 22.1. The second-order valence-corrected chi connectivity index (χ2v) is 6.74. The van der Waals surface area contributed by atoms with E-state index in [9.17, 15) is 13.2 Å². The summed E-state index contributed by atoms with van der Waals surface area (Å²) in [4.78, 5) is 17.9. The van der Waals surface area contributed by atoms with Crippen molar-refractivity contribution in [3.63, 3.8) is 0 Å². The number of fused-ring (bicyclic) bond motifs is 1. The van der Waals surface area contributed by atoms with E-state index in [1.54, 1.807) is 0 Å². The average Bonchev–Trinajstić information content (AvgIpc) is 3.27. The summed E-state index contributed by atoms with van der Waals surface area (Å²) in [5, 5.41) is 14.7. The predicted molar refractivity (Wildman–Crippen MR) is 98.5 cm³/mol. The summed E-state index contributed by atoms with van der Waals surface area (Å²) in [6, 6.07) is 1.96. The third-order valence-electron chi connectivity index (χ3n) is 4.46. The Morgan fingerprint density at radius 1 is 1.27 bits per heavy atom. The third kappa shape index (κ3) is 4.51. The normalized spacial score (nSPS) is 13.4. The average molecular weight is 424 g/mol. The number of rotatable bonds is 2. The monoisotopic (exact) mass is 424 g/mol. The van der Waals surface area contributed by atoms with Gasteiger partial charge in [-0.25, -0.2) is 4.79 Å². The molecule has 3 aromatic heterocycles. The quantitative estimate of drug-likeness (QED) is 0.642. The second kappa shape index (κ2) is 8.27. The molecule has 0 amide bonds. The van der Waals surface area contributed by atoms with Crippen molar-refractivity contribution >= 4 is 5.97 Å². The number of aliphatic carboxylic acids is 1. The number of carboxylic acid groups (broad SMARTS) is 1. The van der Waals surface area contributed by atoms with Crippen LogP contribution in [0.2, 0.25) is 0 Å². The fourth-order valence-corrected chi connectivity index (χ4v) is 3.14. The molecule has 0 bridgehead atoms. The van der Waals surface area contributed by atoms with Gasteiger partial charge in [0.05, 0.1) is 0 Å². The molecule has 0 radical (unpaired) electrons. The number of pyridine rings is 1. The number of nitrogens with zero attached hydrogens (tertiary/aromatic N) is 3. The number of alkyl halides is 3. The van der Waals surface area contributed by atoms with Crippen molar-refractivity contribution < 1.29 is 32.0 Å². The summed E-state index contributed by atoms with van der Waals surface area (Å²) < 4.78 is 42.9. The summed E-state index contributed by atoms with van der Waals surface area (Å²) in [5.41, 5.74) is 5.36. The Kier molecular flexibility index (Phi) is 5.92. The molecule has 0 spiro atoms. The molecular weight excluding hydrogens is 405 g/mol. The van der Waals surface area contributed by atoms with Crippen molar-refractivity contribution in [2.24, 2.45) is 0 Å². The Morgan fingerprint density at radius 3 is 2.57 bits per heavy atom. The lowest BCUT2D eigenvalue weighted by Gasteiger charge is -2.19. The smallest absolute Gasteiger partial charge is 0.475 e. The largest absolute Gasteiger partial charge is 0.490 e. The number of hydrogen-bond donors (Lipinski definition) is 2. The first-order valence-electron chi connectivity index (χ1n) is 8.97. The minimum Gasteiger partial charge on any atom is -0.475 e. The van der Waals surface area contributed by atoms with Crippen LogP contribution < -0.4 is 5.32 Å². The Bertz CT molecular complexity index is 1070. The number of furan rings is 1. The summed E-state index contributed by atoms with van der Waals surface area (Å²) in [5.74, 6) is -0.294. The molecule has 160 valence electrons. The van der Waals surface area contributed by atoms with Gasteiger partial charge >= 0.3 is 12.1 Å². The van der Waals surface area contributed by atoms with Crippen LogP contribution in [-0.2, 0) is 17.8 Å². The van der Waals surface area contributed by atoms with Gasteiger partial charge in [-0.05, 0) is 50.9 Å². The maximum absolute atomic E-state index is 10.6. The summed E-state index contributed by atoms with van der Waals surface area (Å²) in [7, 11) is 0. The summed E-state index contributed by atoms with van der Waals surface area (Å²) in [6.07, 6.45) is -2.21. The number of nitrogens with one attached hydrogen (secondary N) is 1. The van der Waals surface area contributed by atoms with Crippen LogP contribution in [0.4, 0.5) is 13.2 Å². The van der Waals surface area contributed by atoms with Crippen molar-refractivity contribution in [3.05, 3.63) is 40.4 Å². The number of carboxylic acids is 1. The minimum absolute atomic E-state index is 0.413. The Morgan fingerprint density at radius 2 is 1.97 bits per heavy atom. The van der Waals surface area contributed by atoms with Gasteiger partial charge in [0.15, 0.2) is 5.76 Å². The molecule has 1 aliphatic heterocycles. The molecule has 0 fully saturated rings. The Balaban J connectivity index is 0.000000318. The number of carbonyl (C=O) groups is 1. The molecule has 0 saturated carbocycles. The van der Waals surface area contributed by atoms with E-state index in [0.717, 1.165) is 42.1 Å². The highest BCUT2D eigenvalue weighted by molar-refractivity contribution is 5.73. The van der Waals surface area contributed by atoms with Crippen LogP contribution in [0.1, 0.15) is 28.1 Å². The molecule has 11 heteroatoms. The first-order valence-corrected chi connectivity index (χ1v) is 8.97. The second-order valence-electron chi connectivity index (χ2n) is 6.74. The van der Waals surface area contributed by atoms with Crippen LogP contribution in [-0.4, -0.2) is 38.9 Å². The highest BCUT2D eigenvalue weighted by Crippen LogP contribution is 2.31. The van der Waals surface area contributed by atoms with Crippen molar-refractivity contribution in [3.8, 4) is 23.0 Å². The van der Waals surface area contributed by atoms with Crippen LogP contribution >= 0.6 is 0 Å².